The van der Waals surface area contributed by atoms with Gasteiger partial charge in [0.1, 0.15) is 5.75 Å². The monoisotopic (exact) mass is 421 g/mol. The third-order valence-corrected chi connectivity index (χ3v) is 4.47. The quantitative estimate of drug-likeness (QED) is 0.443. The Morgan fingerprint density at radius 2 is 1.94 bits per heavy atom. The zero-order chi connectivity index (χ0) is 21.6. The molecule has 31 heavy (non-hydrogen) atoms. The van der Waals surface area contributed by atoms with Crippen LogP contribution >= 0.6 is 0 Å². The van der Waals surface area contributed by atoms with Gasteiger partial charge in [0.05, 0.1) is 7.11 Å². The number of aromatic amines is 1. The number of aryl methyl sites for hydroxylation is 1. The van der Waals surface area contributed by atoms with Crippen molar-refractivity contribution in [3.8, 4) is 28.5 Å². The molecule has 0 saturated heterocycles. The molecule has 0 spiro atoms. The number of nitrogens with zero attached hydrogens (tertiary/aromatic N) is 3. The second-order valence-corrected chi connectivity index (χ2v) is 6.67. The predicted octanol–water partition coefficient (Wildman–Crippen LogP) is 3.05. The van der Waals surface area contributed by atoms with Crippen molar-refractivity contribution in [2.75, 3.05) is 12.4 Å². The van der Waals surface area contributed by atoms with Gasteiger partial charge in [-0.3, -0.25) is 14.3 Å². The van der Waals surface area contributed by atoms with E-state index in [0.29, 0.717) is 41.6 Å². The summed E-state index contributed by atoms with van der Waals surface area (Å²) in [5.41, 5.74) is 2.04. The summed E-state index contributed by atoms with van der Waals surface area (Å²) in [4.78, 5) is 30.2. The molecule has 158 valence electrons. The fraction of sp³-hybridized carbons (Fsp3) is 0.190. The van der Waals surface area contributed by atoms with E-state index in [1.165, 1.54) is 0 Å². The molecule has 10 nitrogen and oxygen atoms in total. The van der Waals surface area contributed by atoms with E-state index in [9.17, 15) is 9.59 Å². The number of nitrogens with one attached hydrogen (secondary N) is 2. The molecule has 0 aliphatic rings. The van der Waals surface area contributed by atoms with Gasteiger partial charge in [0, 0.05) is 29.7 Å². The van der Waals surface area contributed by atoms with Crippen LogP contribution in [0.4, 0.5) is 5.69 Å². The standard InChI is InChI=1S/C21H19N5O5/c1-29-16-10-8-13(9-11-16)19-23-18(30-25-19)7-3-6-17(27)22-15-5-2-4-14(12-15)20-24-21(28)31-26-20/h2,4-5,8-12H,3,6-7H2,1H3,(H,22,27)(H,24,26,28). The zero-order valence-electron chi connectivity index (χ0n) is 16.6. The molecule has 0 saturated carbocycles. The van der Waals surface area contributed by atoms with Gasteiger partial charge in [-0.05, 0) is 42.8 Å². The number of carbonyl (C=O) groups excluding carboxylic acids is 1. The summed E-state index contributed by atoms with van der Waals surface area (Å²) in [6.07, 6.45) is 1.31. The lowest BCUT2D eigenvalue weighted by molar-refractivity contribution is -0.116. The van der Waals surface area contributed by atoms with Gasteiger partial charge in [-0.25, -0.2) is 4.79 Å². The summed E-state index contributed by atoms with van der Waals surface area (Å²) in [5.74, 6) is 1.21. The second-order valence-electron chi connectivity index (χ2n) is 6.67. The van der Waals surface area contributed by atoms with Crippen LogP contribution in [0.2, 0.25) is 0 Å². The maximum Gasteiger partial charge on any atom is 0.439 e. The fourth-order valence-electron chi connectivity index (χ4n) is 2.94. The van der Waals surface area contributed by atoms with Crippen LogP contribution in [0.25, 0.3) is 22.8 Å². The number of aromatic nitrogens is 4. The largest absolute Gasteiger partial charge is 0.497 e. The SMILES string of the molecule is COc1ccc(-c2noc(CCCC(=O)Nc3cccc(-c4noc(=O)[nH]4)c3)n2)cc1. The van der Waals surface area contributed by atoms with E-state index in [2.05, 4.69) is 30.1 Å². The highest BCUT2D eigenvalue weighted by Gasteiger charge is 2.11. The van der Waals surface area contributed by atoms with E-state index in [-0.39, 0.29) is 12.3 Å². The van der Waals surface area contributed by atoms with E-state index >= 15 is 0 Å². The Balaban J connectivity index is 1.29. The number of hydrogen-bond acceptors (Lipinski definition) is 8. The Bertz CT molecular complexity index is 1230. The lowest BCUT2D eigenvalue weighted by atomic mass is 10.1. The molecule has 2 N–H and O–H groups in total. The van der Waals surface area contributed by atoms with Crippen LogP contribution in [0.1, 0.15) is 18.7 Å². The number of ether oxygens (including phenoxy) is 1. The number of benzene rings is 2. The molecule has 10 heteroatoms. The highest BCUT2D eigenvalue weighted by molar-refractivity contribution is 5.91. The highest BCUT2D eigenvalue weighted by Crippen LogP contribution is 2.21. The van der Waals surface area contributed by atoms with E-state index in [4.69, 9.17) is 9.26 Å². The van der Waals surface area contributed by atoms with E-state index < -0.39 is 5.76 Å². The molecule has 0 atom stereocenters. The van der Waals surface area contributed by atoms with Crippen LogP contribution in [-0.2, 0) is 11.2 Å². The Labute approximate surface area is 176 Å². The van der Waals surface area contributed by atoms with Gasteiger partial charge in [0.15, 0.2) is 5.82 Å². The van der Waals surface area contributed by atoms with Gasteiger partial charge in [-0.1, -0.05) is 22.4 Å². The van der Waals surface area contributed by atoms with Crippen molar-refractivity contribution in [1.82, 2.24) is 20.3 Å². The smallest absolute Gasteiger partial charge is 0.439 e. The molecular weight excluding hydrogens is 402 g/mol. The van der Waals surface area contributed by atoms with Crippen LogP contribution in [-0.4, -0.2) is 33.3 Å². The lowest BCUT2D eigenvalue weighted by Gasteiger charge is -2.05. The van der Waals surface area contributed by atoms with Gasteiger partial charge in [-0.2, -0.15) is 4.98 Å². The average molecular weight is 421 g/mol. The highest BCUT2D eigenvalue weighted by atomic mass is 16.5. The number of amides is 1. The fourth-order valence-corrected chi connectivity index (χ4v) is 2.94. The molecule has 0 radical (unpaired) electrons. The minimum atomic E-state index is -0.638. The van der Waals surface area contributed by atoms with Crippen molar-refractivity contribution >= 4 is 11.6 Å². The van der Waals surface area contributed by atoms with Gasteiger partial charge in [0.25, 0.3) is 0 Å². The number of anilines is 1. The lowest BCUT2D eigenvalue weighted by Crippen LogP contribution is -2.11. The minimum Gasteiger partial charge on any atom is -0.497 e. The summed E-state index contributed by atoms with van der Waals surface area (Å²) in [6, 6.07) is 14.3. The first-order chi connectivity index (χ1) is 15.1. The Kier molecular flexibility index (Phi) is 5.88. The van der Waals surface area contributed by atoms with Gasteiger partial charge < -0.3 is 14.6 Å². The summed E-state index contributed by atoms with van der Waals surface area (Å²) < 4.78 is 14.9. The Hall–Kier alpha value is -4.21. The van der Waals surface area contributed by atoms with Gasteiger partial charge in [0.2, 0.25) is 17.6 Å². The van der Waals surface area contributed by atoms with Crippen LogP contribution in [0.3, 0.4) is 0 Å². The first kappa shape index (κ1) is 20.1. The molecule has 0 aliphatic carbocycles. The minimum absolute atomic E-state index is 0.152. The third kappa shape index (κ3) is 5.04. The first-order valence-electron chi connectivity index (χ1n) is 9.54. The van der Waals surface area contributed by atoms with Crippen LogP contribution in [0, 0.1) is 0 Å². The number of carbonyl (C=O) groups is 1. The van der Waals surface area contributed by atoms with Crippen molar-refractivity contribution in [2.45, 2.75) is 19.3 Å². The van der Waals surface area contributed by atoms with Crippen molar-refractivity contribution in [3.05, 3.63) is 65.0 Å². The molecule has 2 aromatic carbocycles. The van der Waals surface area contributed by atoms with Crippen molar-refractivity contribution in [3.63, 3.8) is 0 Å². The average Bonchev–Trinajstić information content (AvgIpc) is 3.43. The maximum atomic E-state index is 12.3. The molecule has 2 aromatic heterocycles. The normalized spacial score (nSPS) is 10.7. The van der Waals surface area contributed by atoms with Crippen molar-refractivity contribution in [2.24, 2.45) is 0 Å². The van der Waals surface area contributed by atoms with Crippen LogP contribution in [0.5, 0.6) is 5.75 Å². The molecule has 0 unspecified atom stereocenters. The van der Waals surface area contributed by atoms with E-state index in [1.807, 2.05) is 24.3 Å². The number of methoxy groups -OCH3 is 1. The second kappa shape index (κ2) is 9.08. The molecular formula is C21H19N5O5. The number of H-pyrrole nitrogens is 1. The van der Waals surface area contributed by atoms with Crippen LogP contribution < -0.4 is 15.8 Å². The number of rotatable bonds is 8. The summed E-state index contributed by atoms with van der Waals surface area (Å²) in [7, 11) is 1.60. The predicted molar refractivity (Wildman–Crippen MR) is 110 cm³/mol. The molecule has 0 fully saturated rings. The maximum absolute atomic E-state index is 12.3. The molecule has 2 heterocycles. The Morgan fingerprint density at radius 1 is 1.10 bits per heavy atom. The summed E-state index contributed by atoms with van der Waals surface area (Å²) >= 11 is 0. The molecule has 0 aliphatic heterocycles. The molecule has 4 rings (SSSR count). The molecule has 0 bridgehead atoms. The summed E-state index contributed by atoms with van der Waals surface area (Å²) in [6.45, 7) is 0. The molecule has 1 amide bonds. The van der Waals surface area contributed by atoms with Crippen LogP contribution in [0.15, 0.2) is 62.4 Å². The van der Waals surface area contributed by atoms with E-state index in [0.717, 1.165) is 11.3 Å². The van der Waals surface area contributed by atoms with Crippen molar-refractivity contribution in [1.29, 1.82) is 0 Å². The molecule has 4 aromatic rings. The van der Waals surface area contributed by atoms with Gasteiger partial charge >= 0.3 is 5.76 Å². The number of hydrogen-bond donors (Lipinski definition) is 2. The Morgan fingerprint density at radius 3 is 2.68 bits per heavy atom. The third-order valence-electron chi connectivity index (χ3n) is 4.47. The summed E-state index contributed by atoms with van der Waals surface area (Å²) in [5, 5.41) is 10.4. The van der Waals surface area contributed by atoms with Gasteiger partial charge in [-0.15, -0.1) is 0 Å². The topological polar surface area (TPSA) is 136 Å². The van der Waals surface area contributed by atoms with E-state index in [1.54, 1.807) is 31.4 Å². The zero-order valence-corrected chi connectivity index (χ0v) is 16.6. The van der Waals surface area contributed by atoms with Crippen molar-refractivity contribution < 1.29 is 18.6 Å². The first-order valence-corrected chi connectivity index (χ1v) is 9.54.